The Bertz CT molecular complexity index is 1160. The number of aromatic nitrogens is 1. The highest BCUT2D eigenvalue weighted by Gasteiger charge is 2.14. The van der Waals surface area contributed by atoms with Crippen molar-refractivity contribution in [3.8, 4) is 10.6 Å². The molecule has 0 saturated carbocycles. The van der Waals surface area contributed by atoms with Gasteiger partial charge in [0.2, 0.25) is 0 Å². The van der Waals surface area contributed by atoms with Gasteiger partial charge in [-0.15, -0.1) is 22.7 Å². The van der Waals surface area contributed by atoms with E-state index in [1.54, 1.807) is 29.5 Å². The second-order valence-corrected chi connectivity index (χ2v) is 8.26. The fourth-order valence-corrected chi connectivity index (χ4v) is 4.92. The SMILES string of the molecule is O=[N+]([O-])c1ccccc1N=c1scc(-c2cccs2)n1CCCc1ccccc1. The van der Waals surface area contributed by atoms with E-state index in [4.69, 9.17) is 0 Å². The van der Waals surface area contributed by atoms with Gasteiger partial charge in [-0.2, -0.15) is 0 Å². The van der Waals surface area contributed by atoms with E-state index in [9.17, 15) is 10.1 Å². The van der Waals surface area contributed by atoms with E-state index in [1.807, 2.05) is 12.1 Å². The molecule has 0 unspecified atom stereocenters. The maximum absolute atomic E-state index is 11.4. The molecule has 0 aliphatic heterocycles. The first kappa shape index (κ1) is 19.3. The maximum atomic E-state index is 11.4. The summed E-state index contributed by atoms with van der Waals surface area (Å²) in [6.07, 6.45) is 1.93. The van der Waals surface area contributed by atoms with Gasteiger partial charge in [0.25, 0.3) is 5.69 Å². The molecule has 2 heterocycles. The van der Waals surface area contributed by atoms with Gasteiger partial charge in [-0.1, -0.05) is 48.5 Å². The number of rotatable bonds is 7. The summed E-state index contributed by atoms with van der Waals surface area (Å²) in [5.74, 6) is 0. The zero-order chi connectivity index (χ0) is 20.1. The minimum Gasteiger partial charge on any atom is -0.316 e. The van der Waals surface area contributed by atoms with E-state index in [-0.39, 0.29) is 10.6 Å². The van der Waals surface area contributed by atoms with Crippen LogP contribution in [0.5, 0.6) is 0 Å². The molecular formula is C22H19N3O2S2. The quantitative estimate of drug-likeness (QED) is 0.269. The topological polar surface area (TPSA) is 60.4 Å². The Hall–Kier alpha value is -3.03. The van der Waals surface area contributed by atoms with E-state index in [0.29, 0.717) is 5.69 Å². The van der Waals surface area contributed by atoms with Crippen LogP contribution in [0.2, 0.25) is 0 Å². The van der Waals surface area contributed by atoms with Crippen LogP contribution in [0.15, 0.2) is 82.5 Å². The van der Waals surface area contributed by atoms with Crippen LogP contribution in [-0.4, -0.2) is 9.49 Å². The lowest BCUT2D eigenvalue weighted by Gasteiger charge is -2.08. The molecule has 2 aromatic heterocycles. The number of nitrogens with zero attached hydrogens (tertiary/aromatic N) is 3. The highest BCUT2D eigenvalue weighted by molar-refractivity contribution is 7.14. The molecule has 0 atom stereocenters. The Labute approximate surface area is 176 Å². The molecule has 0 N–H and O–H groups in total. The number of aryl methyl sites for hydroxylation is 1. The van der Waals surface area contributed by atoms with Gasteiger partial charge >= 0.3 is 0 Å². The van der Waals surface area contributed by atoms with Gasteiger partial charge in [-0.05, 0) is 35.9 Å². The fourth-order valence-electron chi connectivity index (χ4n) is 3.16. The number of benzene rings is 2. The number of nitro groups is 1. The highest BCUT2D eigenvalue weighted by atomic mass is 32.1. The highest BCUT2D eigenvalue weighted by Crippen LogP contribution is 2.28. The third-order valence-corrected chi connectivity index (χ3v) is 6.31. The Morgan fingerprint density at radius 2 is 1.76 bits per heavy atom. The van der Waals surface area contributed by atoms with Crippen molar-refractivity contribution >= 4 is 34.0 Å². The number of hydrogen-bond donors (Lipinski definition) is 0. The second-order valence-electron chi connectivity index (χ2n) is 6.48. The molecule has 2 aromatic carbocycles. The Morgan fingerprint density at radius 1 is 0.966 bits per heavy atom. The first-order chi connectivity index (χ1) is 14.2. The zero-order valence-corrected chi connectivity index (χ0v) is 17.2. The standard InChI is InChI=1S/C22H19N3O2S2/c26-25(27)19-12-5-4-11-18(19)23-22-24(14-6-10-17-8-2-1-3-9-17)20(16-29-22)21-13-7-15-28-21/h1-5,7-9,11-13,15-16H,6,10,14H2. The van der Waals surface area contributed by atoms with Crippen LogP contribution in [0, 0.1) is 10.1 Å². The molecule has 0 amide bonds. The summed E-state index contributed by atoms with van der Waals surface area (Å²) in [6.45, 7) is 0.797. The lowest BCUT2D eigenvalue weighted by atomic mass is 10.1. The molecule has 5 nitrogen and oxygen atoms in total. The number of nitro benzene ring substituents is 1. The fraction of sp³-hybridized carbons (Fsp3) is 0.136. The average Bonchev–Trinajstić information content (AvgIpc) is 3.39. The van der Waals surface area contributed by atoms with Gasteiger partial charge in [0.05, 0.1) is 15.5 Å². The van der Waals surface area contributed by atoms with E-state index in [2.05, 4.69) is 50.7 Å². The van der Waals surface area contributed by atoms with E-state index < -0.39 is 0 Å². The predicted octanol–water partition coefficient (Wildman–Crippen LogP) is 6.05. The number of thiophene rings is 1. The van der Waals surface area contributed by atoms with Crippen molar-refractivity contribution in [1.29, 1.82) is 0 Å². The molecule has 0 spiro atoms. The van der Waals surface area contributed by atoms with Gasteiger partial charge < -0.3 is 4.57 Å². The van der Waals surface area contributed by atoms with Crippen molar-refractivity contribution in [3.63, 3.8) is 0 Å². The van der Waals surface area contributed by atoms with Gasteiger partial charge in [0.15, 0.2) is 4.80 Å². The first-order valence-corrected chi connectivity index (χ1v) is 11.0. The predicted molar refractivity (Wildman–Crippen MR) is 119 cm³/mol. The first-order valence-electron chi connectivity index (χ1n) is 9.26. The second kappa shape index (κ2) is 8.98. The molecule has 0 aliphatic rings. The maximum Gasteiger partial charge on any atom is 0.294 e. The molecule has 0 saturated heterocycles. The van der Waals surface area contributed by atoms with E-state index in [0.717, 1.165) is 29.9 Å². The summed E-state index contributed by atoms with van der Waals surface area (Å²) >= 11 is 3.20. The lowest BCUT2D eigenvalue weighted by Crippen LogP contribution is -2.16. The van der Waals surface area contributed by atoms with Crippen LogP contribution in [0.4, 0.5) is 11.4 Å². The van der Waals surface area contributed by atoms with Crippen LogP contribution < -0.4 is 4.80 Å². The normalized spacial score (nSPS) is 11.7. The average molecular weight is 422 g/mol. The largest absolute Gasteiger partial charge is 0.316 e. The zero-order valence-electron chi connectivity index (χ0n) is 15.6. The number of hydrogen-bond acceptors (Lipinski definition) is 5. The van der Waals surface area contributed by atoms with E-state index in [1.165, 1.54) is 27.8 Å². The van der Waals surface area contributed by atoms with Crippen molar-refractivity contribution in [2.24, 2.45) is 4.99 Å². The summed E-state index contributed by atoms with van der Waals surface area (Å²) in [5, 5.41) is 15.5. The van der Waals surface area contributed by atoms with Crippen molar-refractivity contribution < 1.29 is 4.92 Å². The van der Waals surface area contributed by atoms with Crippen LogP contribution in [0.1, 0.15) is 12.0 Å². The molecule has 146 valence electrons. The summed E-state index contributed by atoms with van der Waals surface area (Å²) < 4.78 is 2.18. The molecule has 0 bridgehead atoms. The number of thiazole rings is 1. The third-order valence-electron chi connectivity index (χ3n) is 4.56. The molecule has 7 heteroatoms. The van der Waals surface area contributed by atoms with Crippen LogP contribution in [-0.2, 0) is 13.0 Å². The summed E-state index contributed by atoms with van der Waals surface area (Å²) in [4.78, 5) is 17.6. The van der Waals surface area contributed by atoms with Crippen LogP contribution in [0.25, 0.3) is 10.6 Å². The van der Waals surface area contributed by atoms with Gasteiger partial charge in [0.1, 0.15) is 5.69 Å². The van der Waals surface area contributed by atoms with Crippen molar-refractivity contribution in [2.75, 3.05) is 0 Å². The molecule has 0 aliphatic carbocycles. The van der Waals surface area contributed by atoms with Gasteiger partial charge in [0, 0.05) is 18.0 Å². The van der Waals surface area contributed by atoms with Crippen LogP contribution in [0.3, 0.4) is 0 Å². The van der Waals surface area contributed by atoms with Crippen LogP contribution >= 0.6 is 22.7 Å². The Morgan fingerprint density at radius 3 is 2.52 bits per heavy atom. The summed E-state index contributed by atoms with van der Waals surface area (Å²) in [5.41, 5.74) is 2.82. The summed E-state index contributed by atoms with van der Waals surface area (Å²) in [6, 6.07) is 21.2. The minimum absolute atomic E-state index is 0.0226. The third kappa shape index (κ3) is 4.52. The van der Waals surface area contributed by atoms with Gasteiger partial charge in [-0.3, -0.25) is 10.1 Å². The minimum atomic E-state index is -0.383. The summed E-state index contributed by atoms with van der Waals surface area (Å²) in [7, 11) is 0. The molecular weight excluding hydrogens is 402 g/mol. The Kier molecular flexibility index (Phi) is 5.97. The van der Waals surface area contributed by atoms with Gasteiger partial charge in [-0.25, -0.2) is 4.99 Å². The van der Waals surface area contributed by atoms with Crippen molar-refractivity contribution in [2.45, 2.75) is 19.4 Å². The Balaban J connectivity index is 1.70. The molecule has 29 heavy (non-hydrogen) atoms. The molecule has 4 rings (SSSR count). The smallest absolute Gasteiger partial charge is 0.294 e. The molecule has 0 fully saturated rings. The van der Waals surface area contributed by atoms with Crippen molar-refractivity contribution in [3.05, 3.63) is 98.0 Å². The molecule has 4 aromatic rings. The number of para-hydroxylation sites is 2. The van der Waals surface area contributed by atoms with E-state index >= 15 is 0 Å². The lowest BCUT2D eigenvalue weighted by molar-refractivity contribution is -0.384. The molecule has 0 radical (unpaired) electrons. The monoisotopic (exact) mass is 421 g/mol. The van der Waals surface area contributed by atoms with Crippen molar-refractivity contribution in [1.82, 2.24) is 4.57 Å².